The van der Waals surface area contributed by atoms with Crippen molar-refractivity contribution in [3.63, 3.8) is 0 Å². The van der Waals surface area contributed by atoms with Crippen molar-refractivity contribution in [1.29, 1.82) is 0 Å². The van der Waals surface area contributed by atoms with E-state index in [0.717, 1.165) is 23.5 Å². The van der Waals surface area contributed by atoms with E-state index in [9.17, 15) is 4.79 Å². The third-order valence-corrected chi connectivity index (χ3v) is 2.93. The van der Waals surface area contributed by atoms with Crippen LogP contribution in [-0.2, 0) is 16.0 Å². The lowest BCUT2D eigenvalue weighted by Gasteiger charge is -2.05. The van der Waals surface area contributed by atoms with Crippen LogP contribution in [-0.4, -0.2) is 33.0 Å². The highest BCUT2D eigenvalue weighted by Gasteiger charge is 2.13. The molecule has 19 heavy (non-hydrogen) atoms. The molecule has 5 heteroatoms. The third-order valence-electron chi connectivity index (χ3n) is 2.93. The number of methoxy groups -OCH3 is 1. The van der Waals surface area contributed by atoms with E-state index in [2.05, 4.69) is 5.32 Å². The highest BCUT2D eigenvalue weighted by atomic mass is 16.7. The number of ether oxygens (including phenoxy) is 3. The number of rotatable bonds is 7. The van der Waals surface area contributed by atoms with Gasteiger partial charge in [-0.15, -0.1) is 0 Å². The first-order chi connectivity index (χ1) is 9.29. The number of aryl methyl sites for hydroxylation is 1. The van der Waals surface area contributed by atoms with Gasteiger partial charge in [0.2, 0.25) is 12.7 Å². The highest BCUT2D eigenvalue weighted by Crippen LogP contribution is 2.32. The van der Waals surface area contributed by atoms with Gasteiger partial charge in [-0.25, -0.2) is 0 Å². The monoisotopic (exact) mass is 265 g/mol. The Hall–Kier alpha value is -1.75. The first kappa shape index (κ1) is 13.7. The maximum atomic E-state index is 11.6. The van der Waals surface area contributed by atoms with Crippen LogP contribution >= 0.6 is 0 Å². The lowest BCUT2D eigenvalue weighted by Crippen LogP contribution is -2.25. The number of hydrogen-bond acceptors (Lipinski definition) is 4. The molecule has 0 unspecified atom stereocenters. The molecule has 0 aromatic heterocycles. The van der Waals surface area contributed by atoms with E-state index in [0.29, 0.717) is 26.0 Å². The Labute approximate surface area is 112 Å². The third kappa shape index (κ3) is 4.13. The van der Waals surface area contributed by atoms with Crippen molar-refractivity contribution in [2.45, 2.75) is 19.3 Å². The molecule has 1 aromatic rings. The fourth-order valence-electron chi connectivity index (χ4n) is 1.89. The Morgan fingerprint density at radius 1 is 1.37 bits per heavy atom. The van der Waals surface area contributed by atoms with Crippen LogP contribution in [0.4, 0.5) is 0 Å². The molecule has 1 amide bonds. The van der Waals surface area contributed by atoms with Crippen LogP contribution < -0.4 is 14.8 Å². The summed E-state index contributed by atoms with van der Waals surface area (Å²) in [5, 5.41) is 2.87. The van der Waals surface area contributed by atoms with Crippen molar-refractivity contribution in [3.8, 4) is 11.5 Å². The molecule has 1 aliphatic rings. The van der Waals surface area contributed by atoms with Gasteiger partial charge in [0.25, 0.3) is 0 Å². The molecule has 1 N–H and O–H groups in total. The van der Waals surface area contributed by atoms with Gasteiger partial charge in [0, 0.05) is 26.7 Å². The van der Waals surface area contributed by atoms with Gasteiger partial charge in [0.1, 0.15) is 0 Å². The molecule has 104 valence electrons. The van der Waals surface area contributed by atoms with E-state index < -0.39 is 0 Å². The van der Waals surface area contributed by atoms with Gasteiger partial charge in [-0.1, -0.05) is 6.07 Å². The number of amides is 1. The zero-order valence-electron chi connectivity index (χ0n) is 11.1. The zero-order valence-corrected chi connectivity index (χ0v) is 11.1. The molecule has 0 radical (unpaired) electrons. The highest BCUT2D eigenvalue weighted by molar-refractivity contribution is 5.76. The average Bonchev–Trinajstić information content (AvgIpc) is 2.89. The number of fused-ring (bicyclic) bond motifs is 1. The Balaban J connectivity index is 1.71. The lowest BCUT2D eigenvalue weighted by atomic mass is 10.1. The van der Waals surface area contributed by atoms with Crippen LogP contribution in [0.1, 0.15) is 18.4 Å². The maximum absolute atomic E-state index is 11.6. The van der Waals surface area contributed by atoms with Crippen LogP contribution in [0, 0.1) is 0 Å². The van der Waals surface area contributed by atoms with E-state index in [4.69, 9.17) is 14.2 Å². The number of nitrogens with one attached hydrogen (secondary N) is 1. The standard InChI is InChI=1S/C14H19NO4/c1-17-8-2-7-15-14(16)6-4-11-3-5-12-13(9-11)19-10-18-12/h3,5,9H,2,4,6-8,10H2,1H3,(H,15,16). The second-order valence-corrected chi connectivity index (χ2v) is 4.38. The molecule has 0 bridgehead atoms. The normalized spacial score (nSPS) is 12.5. The smallest absolute Gasteiger partial charge is 0.231 e. The van der Waals surface area contributed by atoms with Gasteiger partial charge in [-0.05, 0) is 30.5 Å². The molecular weight excluding hydrogens is 246 g/mol. The van der Waals surface area contributed by atoms with E-state index in [1.54, 1.807) is 7.11 Å². The quantitative estimate of drug-likeness (QED) is 0.759. The summed E-state index contributed by atoms with van der Waals surface area (Å²) in [7, 11) is 1.65. The van der Waals surface area contributed by atoms with Crippen LogP contribution in [0.25, 0.3) is 0 Å². The molecule has 2 rings (SSSR count). The first-order valence-electron chi connectivity index (χ1n) is 6.44. The molecule has 0 aliphatic carbocycles. The summed E-state index contributed by atoms with van der Waals surface area (Å²) < 4.78 is 15.5. The lowest BCUT2D eigenvalue weighted by molar-refractivity contribution is -0.121. The fraction of sp³-hybridized carbons (Fsp3) is 0.500. The minimum absolute atomic E-state index is 0.0637. The molecule has 0 atom stereocenters. The van der Waals surface area contributed by atoms with Crippen molar-refractivity contribution in [3.05, 3.63) is 23.8 Å². The van der Waals surface area contributed by atoms with Gasteiger partial charge in [0.15, 0.2) is 11.5 Å². The second-order valence-electron chi connectivity index (χ2n) is 4.38. The van der Waals surface area contributed by atoms with Crippen LogP contribution in [0.2, 0.25) is 0 Å². The van der Waals surface area contributed by atoms with E-state index >= 15 is 0 Å². The van der Waals surface area contributed by atoms with Crippen molar-refractivity contribution < 1.29 is 19.0 Å². The summed E-state index contributed by atoms with van der Waals surface area (Å²) in [5.41, 5.74) is 1.08. The van der Waals surface area contributed by atoms with Gasteiger partial charge >= 0.3 is 0 Å². The van der Waals surface area contributed by atoms with Gasteiger partial charge in [-0.2, -0.15) is 0 Å². The van der Waals surface area contributed by atoms with Crippen molar-refractivity contribution >= 4 is 5.91 Å². The molecule has 1 heterocycles. The van der Waals surface area contributed by atoms with E-state index in [1.165, 1.54) is 0 Å². The molecule has 1 aliphatic heterocycles. The molecule has 0 spiro atoms. The fourth-order valence-corrected chi connectivity index (χ4v) is 1.89. The van der Waals surface area contributed by atoms with Crippen molar-refractivity contribution in [2.75, 3.05) is 27.1 Å². The van der Waals surface area contributed by atoms with Gasteiger partial charge < -0.3 is 19.5 Å². The summed E-state index contributed by atoms with van der Waals surface area (Å²) in [4.78, 5) is 11.6. The molecule has 5 nitrogen and oxygen atoms in total. The summed E-state index contributed by atoms with van der Waals surface area (Å²) in [5.74, 6) is 1.60. The topological polar surface area (TPSA) is 56.8 Å². The molecule has 1 aromatic carbocycles. The Bertz CT molecular complexity index is 433. The summed E-state index contributed by atoms with van der Waals surface area (Å²) in [6.07, 6.45) is 2.02. The Morgan fingerprint density at radius 3 is 3.05 bits per heavy atom. The van der Waals surface area contributed by atoms with Crippen molar-refractivity contribution in [2.24, 2.45) is 0 Å². The number of hydrogen-bond donors (Lipinski definition) is 1. The predicted octanol–water partition coefficient (Wildman–Crippen LogP) is 1.50. The Kier molecular flexibility index (Phi) is 5.03. The van der Waals surface area contributed by atoms with Crippen LogP contribution in [0.15, 0.2) is 18.2 Å². The van der Waals surface area contributed by atoms with Crippen LogP contribution in [0.3, 0.4) is 0 Å². The Morgan fingerprint density at radius 2 is 2.21 bits per heavy atom. The van der Waals surface area contributed by atoms with Crippen molar-refractivity contribution in [1.82, 2.24) is 5.32 Å². The van der Waals surface area contributed by atoms with Crippen LogP contribution in [0.5, 0.6) is 11.5 Å². The maximum Gasteiger partial charge on any atom is 0.231 e. The van der Waals surface area contributed by atoms with E-state index in [-0.39, 0.29) is 12.7 Å². The SMILES string of the molecule is COCCCNC(=O)CCc1ccc2c(c1)OCO2. The first-order valence-corrected chi connectivity index (χ1v) is 6.44. The second kappa shape index (κ2) is 6.99. The minimum atomic E-state index is 0.0637. The molecular formula is C14H19NO4. The average molecular weight is 265 g/mol. The summed E-state index contributed by atoms with van der Waals surface area (Å²) in [6, 6.07) is 5.78. The van der Waals surface area contributed by atoms with E-state index in [1.807, 2.05) is 18.2 Å². The molecule has 0 saturated heterocycles. The predicted molar refractivity (Wildman–Crippen MR) is 70.4 cm³/mol. The number of carbonyl (C=O) groups is 1. The van der Waals surface area contributed by atoms with Gasteiger partial charge in [-0.3, -0.25) is 4.79 Å². The summed E-state index contributed by atoms with van der Waals surface area (Å²) >= 11 is 0. The molecule has 0 saturated carbocycles. The number of carbonyl (C=O) groups excluding carboxylic acids is 1. The minimum Gasteiger partial charge on any atom is -0.454 e. The largest absolute Gasteiger partial charge is 0.454 e. The summed E-state index contributed by atoms with van der Waals surface area (Å²) in [6.45, 7) is 1.61. The van der Waals surface area contributed by atoms with Gasteiger partial charge in [0.05, 0.1) is 0 Å². The zero-order chi connectivity index (χ0) is 13.5. The molecule has 0 fully saturated rings. The number of benzene rings is 1.